The van der Waals surface area contributed by atoms with Gasteiger partial charge in [-0.15, -0.1) is 12.4 Å². The van der Waals surface area contributed by atoms with E-state index in [9.17, 15) is 4.79 Å². The molecule has 1 aromatic heterocycles. The van der Waals surface area contributed by atoms with Gasteiger partial charge in [0.2, 0.25) is 17.6 Å². The average molecular weight is 297 g/mol. The fourth-order valence-electron chi connectivity index (χ4n) is 1.64. The lowest BCUT2D eigenvalue weighted by Gasteiger charge is -2.05. The van der Waals surface area contributed by atoms with Crippen LogP contribution >= 0.6 is 12.4 Å². The minimum atomic E-state index is -0.0492. The molecule has 0 unspecified atom stereocenters. The molecule has 108 valence electrons. The summed E-state index contributed by atoms with van der Waals surface area (Å²) < 4.78 is 4.93. The van der Waals surface area contributed by atoms with Crippen molar-refractivity contribution in [3.05, 3.63) is 30.2 Å². The molecule has 2 rings (SSSR count). The molecule has 0 saturated heterocycles. The van der Waals surface area contributed by atoms with Crippen LogP contribution in [0.5, 0.6) is 0 Å². The molecule has 20 heavy (non-hydrogen) atoms. The van der Waals surface area contributed by atoms with Crippen LogP contribution in [-0.2, 0) is 4.79 Å². The van der Waals surface area contributed by atoms with Crippen LogP contribution in [0.3, 0.4) is 0 Å². The molecule has 0 saturated carbocycles. The Balaban J connectivity index is 0.00000200. The summed E-state index contributed by atoms with van der Waals surface area (Å²) in [6, 6.07) is 7.32. The normalized spacial score (nSPS) is 9.90. The molecule has 0 aliphatic heterocycles. The molecule has 0 aliphatic carbocycles. The number of nitrogens with two attached hydrogens (primary N) is 1. The Morgan fingerprint density at radius 3 is 2.90 bits per heavy atom. The standard InChI is InChI=1S/C13H16N4O2.ClH/c1-9-15-13(17-19-9)10-4-2-5-11(8-10)16-12(18)6-3-7-14;/h2,4-5,8H,3,6-7,14H2,1H3,(H,16,18);1H. The fraction of sp³-hybridized carbons (Fsp3) is 0.308. The number of halogens is 1. The van der Waals surface area contributed by atoms with E-state index in [1.165, 1.54) is 0 Å². The van der Waals surface area contributed by atoms with E-state index in [0.717, 1.165) is 5.56 Å². The van der Waals surface area contributed by atoms with Gasteiger partial charge in [0.15, 0.2) is 0 Å². The summed E-state index contributed by atoms with van der Waals surface area (Å²) in [6.07, 6.45) is 1.09. The number of nitrogens with one attached hydrogen (secondary N) is 1. The molecule has 0 spiro atoms. The maximum atomic E-state index is 11.6. The first-order chi connectivity index (χ1) is 9.19. The Kier molecular flexibility index (Phi) is 6.14. The van der Waals surface area contributed by atoms with Gasteiger partial charge >= 0.3 is 0 Å². The van der Waals surface area contributed by atoms with Crippen LogP contribution in [0.4, 0.5) is 5.69 Å². The zero-order valence-electron chi connectivity index (χ0n) is 11.1. The second-order valence-electron chi connectivity index (χ2n) is 4.16. The second-order valence-corrected chi connectivity index (χ2v) is 4.16. The monoisotopic (exact) mass is 296 g/mol. The number of anilines is 1. The molecule has 6 nitrogen and oxygen atoms in total. The number of benzene rings is 1. The number of hydrogen-bond acceptors (Lipinski definition) is 5. The van der Waals surface area contributed by atoms with Crippen molar-refractivity contribution in [2.75, 3.05) is 11.9 Å². The highest BCUT2D eigenvalue weighted by molar-refractivity contribution is 5.91. The first-order valence-corrected chi connectivity index (χ1v) is 6.09. The Morgan fingerprint density at radius 2 is 2.25 bits per heavy atom. The third-order valence-corrected chi connectivity index (χ3v) is 2.54. The SMILES string of the molecule is Cc1nc(-c2cccc(NC(=O)CCCN)c2)no1.Cl. The molecule has 0 bridgehead atoms. The van der Waals surface area contributed by atoms with Crippen LogP contribution in [0, 0.1) is 6.92 Å². The minimum Gasteiger partial charge on any atom is -0.339 e. The maximum Gasteiger partial charge on any atom is 0.224 e. The quantitative estimate of drug-likeness (QED) is 0.881. The van der Waals surface area contributed by atoms with E-state index in [2.05, 4.69) is 15.5 Å². The Hall–Kier alpha value is -1.92. The van der Waals surface area contributed by atoms with E-state index in [0.29, 0.717) is 36.8 Å². The first-order valence-electron chi connectivity index (χ1n) is 6.09. The molecule has 2 aromatic rings. The van der Waals surface area contributed by atoms with Gasteiger partial charge < -0.3 is 15.6 Å². The van der Waals surface area contributed by atoms with Crippen molar-refractivity contribution in [1.82, 2.24) is 10.1 Å². The molecule has 0 aliphatic rings. The second kappa shape index (κ2) is 7.62. The van der Waals surface area contributed by atoms with E-state index < -0.39 is 0 Å². The number of aromatic nitrogens is 2. The van der Waals surface area contributed by atoms with Crippen molar-refractivity contribution in [2.24, 2.45) is 5.73 Å². The van der Waals surface area contributed by atoms with Gasteiger partial charge in [0.05, 0.1) is 0 Å². The zero-order chi connectivity index (χ0) is 13.7. The molecular weight excluding hydrogens is 280 g/mol. The zero-order valence-corrected chi connectivity index (χ0v) is 11.9. The molecule has 0 atom stereocenters. The maximum absolute atomic E-state index is 11.6. The van der Waals surface area contributed by atoms with Crippen molar-refractivity contribution in [3.63, 3.8) is 0 Å². The van der Waals surface area contributed by atoms with Gasteiger partial charge in [-0.3, -0.25) is 4.79 Å². The predicted octanol–water partition coefficient (Wildman–Crippen LogP) is 2.14. The first kappa shape index (κ1) is 16.1. The number of carbonyl (C=O) groups is 1. The summed E-state index contributed by atoms with van der Waals surface area (Å²) in [6.45, 7) is 2.24. The number of hydrogen-bond donors (Lipinski definition) is 2. The number of rotatable bonds is 5. The highest BCUT2D eigenvalue weighted by Crippen LogP contribution is 2.20. The molecule has 0 radical (unpaired) electrons. The third kappa shape index (κ3) is 4.32. The number of carbonyl (C=O) groups excluding carboxylic acids is 1. The van der Waals surface area contributed by atoms with Crippen molar-refractivity contribution in [3.8, 4) is 11.4 Å². The molecule has 3 N–H and O–H groups in total. The summed E-state index contributed by atoms with van der Waals surface area (Å²) in [5.74, 6) is 0.967. The lowest BCUT2D eigenvalue weighted by molar-refractivity contribution is -0.116. The van der Waals surface area contributed by atoms with Crippen LogP contribution in [0.15, 0.2) is 28.8 Å². The topological polar surface area (TPSA) is 94.0 Å². The molecule has 1 aromatic carbocycles. The van der Waals surface area contributed by atoms with Crippen LogP contribution in [-0.4, -0.2) is 22.6 Å². The Labute approximate surface area is 123 Å². The minimum absolute atomic E-state index is 0. The molecule has 7 heteroatoms. The largest absolute Gasteiger partial charge is 0.339 e. The van der Waals surface area contributed by atoms with Gasteiger partial charge in [-0.2, -0.15) is 4.98 Å². The summed E-state index contributed by atoms with van der Waals surface area (Å²) >= 11 is 0. The average Bonchev–Trinajstić information content (AvgIpc) is 2.83. The van der Waals surface area contributed by atoms with Gasteiger partial charge in [-0.1, -0.05) is 17.3 Å². The Bertz CT molecular complexity index is 571. The third-order valence-electron chi connectivity index (χ3n) is 2.54. The van der Waals surface area contributed by atoms with Gasteiger partial charge in [0.25, 0.3) is 0 Å². The summed E-state index contributed by atoms with van der Waals surface area (Å²) in [4.78, 5) is 15.8. The van der Waals surface area contributed by atoms with E-state index in [1.54, 1.807) is 6.92 Å². The summed E-state index contributed by atoms with van der Waals surface area (Å²) in [7, 11) is 0. The van der Waals surface area contributed by atoms with Gasteiger partial charge in [0.1, 0.15) is 0 Å². The van der Waals surface area contributed by atoms with E-state index in [4.69, 9.17) is 10.3 Å². The molecule has 0 fully saturated rings. The van der Waals surface area contributed by atoms with Crippen LogP contribution in [0.25, 0.3) is 11.4 Å². The number of amides is 1. The number of aryl methyl sites for hydroxylation is 1. The number of nitrogens with zero attached hydrogens (tertiary/aromatic N) is 2. The van der Waals surface area contributed by atoms with E-state index in [-0.39, 0.29) is 18.3 Å². The van der Waals surface area contributed by atoms with E-state index in [1.807, 2.05) is 24.3 Å². The lowest BCUT2D eigenvalue weighted by atomic mass is 10.2. The highest BCUT2D eigenvalue weighted by atomic mass is 35.5. The van der Waals surface area contributed by atoms with Gasteiger partial charge in [0, 0.05) is 24.6 Å². The van der Waals surface area contributed by atoms with Crippen LogP contribution in [0.2, 0.25) is 0 Å². The Morgan fingerprint density at radius 1 is 1.45 bits per heavy atom. The molecular formula is C13H17ClN4O2. The highest BCUT2D eigenvalue weighted by Gasteiger charge is 2.07. The van der Waals surface area contributed by atoms with Crippen molar-refractivity contribution >= 4 is 24.0 Å². The van der Waals surface area contributed by atoms with Crippen LogP contribution in [0.1, 0.15) is 18.7 Å². The predicted molar refractivity (Wildman–Crippen MR) is 78.6 cm³/mol. The van der Waals surface area contributed by atoms with Crippen molar-refractivity contribution in [2.45, 2.75) is 19.8 Å². The summed E-state index contributed by atoms with van der Waals surface area (Å²) in [5, 5.41) is 6.65. The van der Waals surface area contributed by atoms with Crippen molar-refractivity contribution in [1.29, 1.82) is 0 Å². The van der Waals surface area contributed by atoms with E-state index >= 15 is 0 Å². The van der Waals surface area contributed by atoms with Crippen LogP contribution < -0.4 is 11.1 Å². The smallest absolute Gasteiger partial charge is 0.224 e. The molecule has 1 heterocycles. The van der Waals surface area contributed by atoms with Gasteiger partial charge in [-0.05, 0) is 25.1 Å². The summed E-state index contributed by atoms with van der Waals surface area (Å²) in [5.41, 5.74) is 6.88. The van der Waals surface area contributed by atoms with Crippen molar-refractivity contribution < 1.29 is 9.32 Å². The fourth-order valence-corrected chi connectivity index (χ4v) is 1.64. The van der Waals surface area contributed by atoms with Gasteiger partial charge in [-0.25, -0.2) is 0 Å². The molecule has 1 amide bonds. The lowest BCUT2D eigenvalue weighted by Crippen LogP contribution is -2.13.